The van der Waals surface area contributed by atoms with Crippen molar-refractivity contribution in [3.8, 4) is 0 Å². The van der Waals surface area contributed by atoms with Gasteiger partial charge < -0.3 is 15.3 Å². The number of carbonyl (C=O) groups is 2. The maximum Gasteiger partial charge on any atom is 0.308 e. The number of hydrogen-bond acceptors (Lipinski definition) is 5. The number of nitrogens with one attached hydrogen (secondary N) is 1. The van der Waals surface area contributed by atoms with E-state index in [0.717, 1.165) is 0 Å². The summed E-state index contributed by atoms with van der Waals surface area (Å²) in [5, 5.41) is 22.9. The Morgan fingerprint density at radius 1 is 1.43 bits per heavy atom. The molecule has 1 saturated heterocycles. The summed E-state index contributed by atoms with van der Waals surface area (Å²) >= 11 is 0. The van der Waals surface area contributed by atoms with E-state index in [1.807, 2.05) is 0 Å². The van der Waals surface area contributed by atoms with Gasteiger partial charge in [0.1, 0.15) is 5.69 Å². The van der Waals surface area contributed by atoms with Gasteiger partial charge >= 0.3 is 5.97 Å². The standard InChI is InChI=1S/C15H19N3O5/c1-10-11(15(20)21)7-9-17(10)14(19)6-8-16-12-4-2-3-5-13(12)18(22)23/h2-5,10-11,16H,6-9H2,1H3,(H,20,21). The molecule has 8 nitrogen and oxygen atoms in total. The SMILES string of the molecule is CC1C(C(=O)O)CCN1C(=O)CCNc1ccccc1[N+](=O)[O-]. The second-order valence-corrected chi connectivity index (χ2v) is 5.51. The summed E-state index contributed by atoms with van der Waals surface area (Å²) < 4.78 is 0. The van der Waals surface area contributed by atoms with Gasteiger partial charge in [0.2, 0.25) is 5.91 Å². The van der Waals surface area contributed by atoms with Crippen LogP contribution in [0.4, 0.5) is 11.4 Å². The average Bonchev–Trinajstić information content (AvgIpc) is 2.89. The Morgan fingerprint density at radius 2 is 2.13 bits per heavy atom. The van der Waals surface area contributed by atoms with Gasteiger partial charge in [0.15, 0.2) is 0 Å². The molecule has 8 heteroatoms. The van der Waals surface area contributed by atoms with E-state index in [1.54, 1.807) is 30.0 Å². The van der Waals surface area contributed by atoms with Gasteiger partial charge in [-0.15, -0.1) is 0 Å². The van der Waals surface area contributed by atoms with E-state index in [0.29, 0.717) is 18.7 Å². The molecule has 0 aliphatic carbocycles. The summed E-state index contributed by atoms with van der Waals surface area (Å²) in [4.78, 5) is 35.3. The number of amides is 1. The highest BCUT2D eigenvalue weighted by Crippen LogP contribution is 2.26. The Morgan fingerprint density at radius 3 is 2.74 bits per heavy atom. The number of carboxylic acid groups (broad SMARTS) is 1. The Hall–Kier alpha value is -2.64. The van der Waals surface area contributed by atoms with Gasteiger partial charge in [-0.05, 0) is 19.4 Å². The van der Waals surface area contributed by atoms with Crippen LogP contribution in [0.2, 0.25) is 0 Å². The number of anilines is 1. The topological polar surface area (TPSA) is 113 Å². The molecule has 2 unspecified atom stereocenters. The van der Waals surface area contributed by atoms with Gasteiger partial charge in [-0.3, -0.25) is 19.7 Å². The third kappa shape index (κ3) is 3.77. The van der Waals surface area contributed by atoms with Crippen LogP contribution in [0.25, 0.3) is 0 Å². The zero-order valence-electron chi connectivity index (χ0n) is 12.8. The monoisotopic (exact) mass is 321 g/mol. The van der Waals surface area contributed by atoms with Crippen molar-refractivity contribution in [2.75, 3.05) is 18.4 Å². The fourth-order valence-electron chi connectivity index (χ4n) is 2.85. The van der Waals surface area contributed by atoms with E-state index >= 15 is 0 Å². The minimum atomic E-state index is -0.883. The molecule has 1 aromatic carbocycles. The van der Waals surface area contributed by atoms with Crippen LogP contribution in [-0.4, -0.2) is 45.9 Å². The quantitative estimate of drug-likeness (QED) is 0.609. The Bertz CT molecular complexity index is 619. The molecule has 1 heterocycles. The van der Waals surface area contributed by atoms with Crippen LogP contribution < -0.4 is 5.32 Å². The lowest BCUT2D eigenvalue weighted by atomic mass is 10.0. The summed E-state index contributed by atoms with van der Waals surface area (Å²) in [6.45, 7) is 2.42. The van der Waals surface area contributed by atoms with Crippen molar-refractivity contribution in [2.45, 2.75) is 25.8 Å². The zero-order valence-corrected chi connectivity index (χ0v) is 12.8. The third-order valence-corrected chi connectivity index (χ3v) is 4.15. The summed E-state index contributed by atoms with van der Waals surface area (Å²) in [5.74, 6) is -1.56. The number of aliphatic carboxylic acids is 1. The van der Waals surface area contributed by atoms with E-state index in [-0.39, 0.29) is 30.6 Å². The summed E-state index contributed by atoms with van der Waals surface area (Å²) in [6.07, 6.45) is 0.614. The van der Waals surface area contributed by atoms with Crippen LogP contribution in [0.5, 0.6) is 0 Å². The number of carbonyl (C=O) groups excluding carboxylic acids is 1. The predicted octanol–water partition coefficient (Wildman–Crippen LogP) is 1.72. The molecule has 124 valence electrons. The number of para-hydroxylation sites is 2. The highest BCUT2D eigenvalue weighted by Gasteiger charge is 2.37. The van der Waals surface area contributed by atoms with Crippen molar-refractivity contribution in [2.24, 2.45) is 5.92 Å². The van der Waals surface area contributed by atoms with Crippen LogP contribution in [0, 0.1) is 16.0 Å². The van der Waals surface area contributed by atoms with E-state index in [2.05, 4.69) is 5.32 Å². The number of rotatable bonds is 6. The molecule has 1 aliphatic rings. The largest absolute Gasteiger partial charge is 0.481 e. The number of carboxylic acids is 1. The number of benzene rings is 1. The first kappa shape index (κ1) is 16.7. The average molecular weight is 321 g/mol. The van der Waals surface area contributed by atoms with Crippen molar-refractivity contribution in [3.63, 3.8) is 0 Å². The number of nitrogens with zero attached hydrogens (tertiary/aromatic N) is 2. The highest BCUT2D eigenvalue weighted by molar-refractivity contribution is 5.80. The first-order chi connectivity index (χ1) is 10.9. The normalized spacial score (nSPS) is 20.3. The number of likely N-dealkylation sites (tertiary alicyclic amines) is 1. The van der Waals surface area contributed by atoms with Gasteiger partial charge in [-0.1, -0.05) is 12.1 Å². The van der Waals surface area contributed by atoms with Gasteiger partial charge in [0.25, 0.3) is 5.69 Å². The Balaban J connectivity index is 1.89. The molecule has 1 aliphatic heterocycles. The fourth-order valence-corrected chi connectivity index (χ4v) is 2.85. The van der Waals surface area contributed by atoms with Crippen LogP contribution in [0.15, 0.2) is 24.3 Å². The number of nitro benzene ring substituents is 1. The molecule has 0 radical (unpaired) electrons. The summed E-state index contributed by atoms with van der Waals surface area (Å²) in [6, 6.07) is 5.90. The first-order valence-corrected chi connectivity index (χ1v) is 7.41. The van der Waals surface area contributed by atoms with E-state index in [4.69, 9.17) is 5.11 Å². The summed E-state index contributed by atoms with van der Waals surface area (Å²) in [7, 11) is 0. The minimum absolute atomic E-state index is 0.0413. The van der Waals surface area contributed by atoms with E-state index < -0.39 is 16.8 Å². The molecule has 23 heavy (non-hydrogen) atoms. The lowest BCUT2D eigenvalue weighted by Gasteiger charge is -2.23. The molecule has 2 atom stereocenters. The van der Waals surface area contributed by atoms with Crippen LogP contribution in [0.1, 0.15) is 19.8 Å². The van der Waals surface area contributed by atoms with Crippen molar-refractivity contribution in [1.29, 1.82) is 0 Å². The maximum absolute atomic E-state index is 12.2. The van der Waals surface area contributed by atoms with Gasteiger partial charge in [0, 0.05) is 31.6 Å². The minimum Gasteiger partial charge on any atom is -0.481 e. The second kappa shape index (κ2) is 7.08. The van der Waals surface area contributed by atoms with Crippen molar-refractivity contribution in [3.05, 3.63) is 34.4 Å². The third-order valence-electron chi connectivity index (χ3n) is 4.15. The predicted molar refractivity (Wildman–Crippen MR) is 83.1 cm³/mol. The van der Waals surface area contributed by atoms with Gasteiger partial charge in [-0.25, -0.2) is 0 Å². The van der Waals surface area contributed by atoms with E-state index in [9.17, 15) is 19.7 Å². The molecule has 1 aromatic rings. The molecule has 1 amide bonds. The fraction of sp³-hybridized carbons (Fsp3) is 0.467. The molecule has 1 fully saturated rings. The lowest BCUT2D eigenvalue weighted by Crippen LogP contribution is -2.38. The first-order valence-electron chi connectivity index (χ1n) is 7.41. The number of nitro groups is 1. The van der Waals surface area contributed by atoms with Gasteiger partial charge in [0.05, 0.1) is 10.8 Å². The van der Waals surface area contributed by atoms with Crippen LogP contribution >= 0.6 is 0 Å². The Labute approximate surface area is 133 Å². The maximum atomic E-state index is 12.2. The van der Waals surface area contributed by atoms with E-state index in [1.165, 1.54) is 6.07 Å². The second-order valence-electron chi connectivity index (χ2n) is 5.51. The molecule has 0 spiro atoms. The molecule has 0 aromatic heterocycles. The lowest BCUT2D eigenvalue weighted by molar-refractivity contribution is -0.384. The summed E-state index contributed by atoms with van der Waals surface area (Å²) in [5.41, 5.74) is 0.323. The highest BCUT2D eigenvalue weighted by atomic mass is 16.6. The van der Waals surface area contributed by atoms with Crippen molar-refractivity contribution < 1.29 is 19.6 Å². The molecule has 0 saturated carbocycles. The van der Waals surface area contributed by atoms with Crippen molar-refractivity contribution in [1.82, 2.24) is 4.90 Å². The molecule has 2 N–H and O–H groups in total. The van der Waals surface area contributed by atoms with Gasteiger partial charge in [-0.2, -0.15) is 0 Å². The number of hydrogen-bond donors (Lipinski definition) is 2. The molecule has 0 bridgehead atoms. The van der Waals surface area contributed by atoms with Crippen LogP contribution in [-0.2, 0) is 9.59 Å². The zero-order chi connectivity index (χ0) is 17.0. The Kier molecular flexibility index (Phi) is 5.15. The molecule has 2 rings (SSSR count). The molecular formula is C15H19N3O5. The van der Waals surface area contributed by atoms with Crippen molar-refractivity contribution >= 4 is 23.3 Å². The van der Waals surface area contributed by atoms with Crippen LogP contribution in [0.3, 0.4) is 0 Å². The smallest absolute Gasteiger partial charge is 0.308 e. The molecular weight excluding hydrogens is 302 g/mol.